The van der Waals surface area contributed by atoms with Gasteiger partial charge in [0.2, 0.25) is 0 Å². The van der Waals surface area contributed by atoms with Gasteiger partial charge < -0.3 is 0 Å². The van der Waals surface area contributed by atoms with Gasteiger partial charge in [0.15, 0.2) is 11.6 Å². The van der Waals surface area contributed by atoms with E-state index in [4.69, 9.17) is 0 Å². The lowest BCUT2D eigenvalue weighted by Gasteiger charge is -2.28. The number of benzene rings is 2. The Morgan fingerprint density at radius 3 is 2.07 bits per heavy atom. The summed E-state index contributed by atoms with van der Waals surface area (Å²) >= 11 is 0. The highest BCUT2D eigenvalue weighted by molar-refractivity contribution is 5.70. The first-order valence-electron chi connectivity index (χ1n) is 9.60. The fourth-order valence-corrected chi connectivity index (χ4v) is 3.99. The maximum Gasteiger partial charge on any atom is 0.159 e. The summed E-state index contributed by atoms with van der Waals surface area (Å²) in [5.41, 5.74) is 0.888. The highest BCUT2D eigenvalue weighted by Gasteiger charge is 2.23. The molecule has 4 heteroatoms. The van der Waals surface area contributed by atoms with Crippen LogP contribution in [0.3, 0.4) is 0 Å². The van der Waals surface area contributed by atoms with Crippen LogP contribution >= 0.6 is 0 Å². The molecule has 144 valence electrons. The van der Waals surface area contributed by atoms with E-state index in [1.165, 1.54) is 43.2 Å². The van der Waals surface area contributed by atoms with Crippen LogP contribution in [-0.4, -0.2) is 0 Å². The van der Waals surface area contributed by atoms with E-state index >= 15 is 0 Å². The number of hydrogen-bond donors (Lipinski definition) is 0. The summed E-state index contributed by atoms with van der Waals surface area (Å²) in [5, 5.41) is 0. The van der Waals surface area contributed by atoms with Gasteiger partial charge in [0, 0.05) is 5.56 Å². The topological polar surface area (TPSA) is 0 Å². The van der Waals surface area contributed by atoms with Crippen molar-refractivity contribution in [2.24, 2.45) is 5.92 Å². The summed E-state index contributed by atoms with van der Waals surface area (Å²) in [6, 6.07) is 6.16. The molecule has 1 aliphatic carbocycles. The van der Waals surface area contributed by atoms with Crippen molar-refractivity contribution in [3.05, 3.63) is 70.3 Å². The zero-order valence-electron chi connectivity index (χ0n) is 15.5. The second kappa shape index (κ2) is 8.73. The molecular formula is C23H24F4. The van der Waals surface area contributed by atoms with Crippen LogP contribution in [0.25, 0.3) is 12.2 Å². The van der Waals surface area contributed by atoms with Crippen molar-refractivity contribution in [3.63, 3.8) is 0 Å². The van der Waals surface area contributed by atoms with Gasteiger partial charge in [0.25, 0.3) is 0 Å². The van der Waals surface area contributed by atoms with Crippen molar-refractivity contribution >= 4 is 12.2 Å². The molecule has 0 bridgehead atoms. The molecule has 0 amide bonds. The van der Waals surface area contributed by atoms with Crippen LogP contribution in [0, 0.1) is 29.2 Å². The molecule has 0 atom stereocenters. The van der Waals surface area contributed by atoms with Crippen molar-refractivity contribution in [2.45, 2.75) is 51.4 Å². The zero-order valence-corrected chi connectivity index (χ0v) is 15.5. The van der Waals surface area contributed by atoms with Crippen molar-refractivity contribution < 1.29 is 17.6 Å². The molecule has 2 aromatic carbocycles. The largest absolute Gasteiger partial charge is 0.206 e. The highest BCUT2D eigenvalue weighted by atomic mass is 19.2. The van der Waals surface area contributed by atoms with E-state index in [1.54, 1.807) is 0 Å². The maximum atomic E-state index is 14.5. The van der Waals surface area contributed by atoms with E-state index < -0.39 is 23.3 Å². The van der Waals surface area contributed by atoms with E-state index in [1.807, 2.05) is 0 Å². The van der Waals surface area contributed by atoms with Gasteiger partial charge in [-0.15, -0.1) is 0 Å². The third-order valence-corrected chi connectivity index (χ3v) is 5.50. The highest BCUT2D eigenvalue weighted by Crippen LogP contribution is 2.38. The van der Waals surface area contributed by atoms with E-state index in [-0.39, 0.29) is 11.5 Å². The molecular weight excluding hydrogens is 352 g/mol. The maximum absolute atomic E-state index is 14.5. The second-order valence-corrected chi connectivity index (χ2v) is 7.41. The van der Waals surface area contributed by atoms with Crippen LogP contribution in [0.1, 0.15) is 68.1 Å². The van der Waals surface area contributed by atoms with E-state index in [0.29, 0.717) is 11.1 Å². The molecule has 1 saturated carbocycles. The Balaban J connectivity index is 1.75. The molecule has 27 heavy (non-hydrogen) atoms. The van der Waals surface area contributed by atoms with E-state index in [2.05, 4.69) is 6.92 Å². The molecule has 0 N–H and O–H groups in total. The summed E-state index contributed by atoms with van der Waals surface area (Å²) in [5.74, 6) is -2.26. The summed E-state index contributed by atoms with van der Waals surface area (Å²) < 4.78 is 55.2. The van der Waals surface area contributed by atoms with Crippen molar-refractivity contribution in [1.82, 2.24) is 0 Å². The minimum absolute atomic E-state index is 0.164. The monoisotopic (exact) mass is 376 g/mol. The first-order valence-corrected chi connectivity index (χ1v) is 9.60. The molecule has 0 spiro atoms. The third-order valence-electron chi connectivity index (χ3n) is 5.50. The van der Waals surface area contributed by atoms with Gasteiger partial charge in [-0.3, -0.25) is 0 Å². The minimum Gasteiger partial charge on any atom is -0.206 e. The Bertz CT molecular complexity index is 794. The van der Waals surface area contributed by atoms with Crippen LogP contribution < -0.4 is 0 Å². The van der Waals surface area contributed by atoms with Gasteiger partial charge in [-0.05, 0) is 79.0 Å². The molecule has 1 aliphatic rings. The average Bonchev–Trinajstić information content (AvgIpc) is 2.64. The van der Waals surface area contributed by atoms with Crippen LogP contribution in [0.4, 0.5) is 17.6 Å². The fraction of sp³-hybridized carbons (Fsp3) is 0.391. The van der Waals surface area contributed by atoms with Crippen LogP contribution in [0.15, 0.2) is 30.3 Å². The minimum atomic E-state index is -0.993. The smallest absolute Gasteiger partial charge is 0.159 e. The molecule has 0 radical (unpaired) electrons. The summed E-state index contributed by atoms with van der Waals surface area (Å²) in [4.78, 5) is 0. The first kappa shape index (κ1) is 19.7. The van der Waals surface area contributed by atoms with Gasteiger partial charge in [0.05, 0.1) is 0 Å². The molecule has 1 fully saturated rings. The van der Waals surface area contributed by atoms with E-state index in [9.17, 15) is 17.6 Å². The van der Waals surface area contributed by atoms with Crippen molar-refractivity contribution in [3.8, 4) is 0 Å². The molecule has 0 aliphatic heterocycles. The van der Waals surface area contributed by atoms with Crippen LogP contribution in [-0.2, 0) is 0 Å². The predicted molar refractivity (Wildman–Crippen MR) is 101 cm³/mol. The summed E-state index contributed by atoms with van der Waals surface area (Å²) in [6.45, 7) is 2.18. The Kier molecular flexibility index (Phi) is 6.35. The fourth-order valence-electron chi connectivity index (χ4n) is 3.99. The molecule has 0 heterocycles. The van der Waals surface area contributed by atoms with Crippen LogP contribution in [0.2, 0.25) is 0 Å². The van der Waals surface area contributed by atoms with E-state index in [0.717, 1.165) is 43.7 Å². The lowest BCUT2D eigenvalue weighted by molar-refractivity contribution is 0.307. The lowest BCUT2D eigenvalue weighted by Crippen LogP contribution is -2.13. The SMILES string of the molecule is CCCC1CCC(c2cc(F)c(/C=C/c3ccc(F)c(F)c3)c(F)c2)CC1. The molecule has 0 saturated heterocycles. The summed E-state index contributed by atoms with van der Waals surface area (Å²) in [7, 11) is 0. The number of hydrogen-bond acceptors (Lipinski definition) is 0. The molecule has 0 unspecified atom stereocenters. The van der Waals surface area contributed by atoms with Crippen molar-refractivity contribution in [1.29, 1.82) is 0 Å². The lowest BCUT2D eigenvalue weighted by atomic mass is 9.77. The Labute approximate surface area is 157 Å². The quantitative estimate of drug-likeness (QED) is 0.375. The first-order chi connectivity index (χ1) is 13.0. The molecule has 0 aromatic heterocycles. The standard InChI is InChI=1S/C23H24F4/c1-2-3-15-4-8-17(9-5-15)18-13-21(25)19(22(26)14-18)10-6-16-7-11-20(24)23(27)12-16/h6-7,10-15,17H,2-5,8-9H2,1H3/b10-6+. The van der Waals surface area contributed by atoms with Gasteiger partial charge >= 0.3 is 0 Å². The molecule has 3 rings (SSSR count). The molecule has 0 nitrogen and oxygen atoms in total. The van der Waals surface area contributed by atoms with Crippen LogP contribution in [0.5, 0.6) is 0 Å². The third kappa shape index (κ3) is 4.79. The summed E-state index contributed by atoms with van der Waals surface area (Å²) in [6.07, 6.45) is 9.19. The molecule has 2 aromatic rings. The zero-order chi connectivity index (χ0) is 19.4. The van der Waals surface area contributed by atoms with Gasteiger partial charge in [-0.1, -0.05) is 31.9 Å². The van der Waals surface area contributed by atoms with Gasteiger partial charge in [-0.2, -0.15) is 0 Å². The normalized spacial score (nSPS) is 20.3. The number of rotatable bonds is 5. The predicted octanol–water partition coefficient (Wildman–Crippen LogP) is 7.49. The number of halogens is 4. The average molecular weight is 376 g/mol. The van der Waals surface area contributed by atoms with Crippen molar-refractivity contribution in [2.75, 3.05) is 0 Å². The van der Waals surface area contributed by atoms with Gasteiger partial charge in [0.1, 0.15) is 11.6 Å². The Hall–Kier alpha value is -2.10. The second-order valence-electron chi connectivity index (χ2n) is 7.41. The Morgan fingerprint density at radius 2 is 1.48 bits per heavy atom. The van der Waals surface area contributed by atoms with Gasteiger partial charge in [-0.25, -0.2) is 17.6 Å². The Morgan fingerprint density at radius 1 is 0.815 bits per heavy atom.